The summed E-state index contributed by atoms with van der Waals surface area (Å²) in [6.45, 7) is 5.87. The number of hydrogen-bond acceptors (Lipinski definition) is 4. The number of para-hydroxylation sites is 1. The first kappa shape index (κ1) is 14.5. The van der Waals surface area contributed by atoms with Crippen LogP contribution in [0, 0.1) is 20.8 Å². The van der Waals surface area contributed by atoms with E-state index in [1.165, 1.54) is 11.3 Å². The van der Waals surface area contributed by atoms with Crippen molar-refractivity contribution in [2.45, 2.75) is 20.8 Å². The second-order valence-corrected chi connectivity index (χ2v) is 6.37. The summed E-state index contributed by atoms with van der Waals surface area (Å²) in [5.41, 5.74) is 10.4. The molecule has 3 N–H and O–H groups in total. The van der Waals surface area contributed by atoms with Gasteiger partial charge in [-0.2, -0.15) is 0 Å². The van der Waals surface area contributed by atoms with E-state index >= 15 is 0 Å². The minimum absolute atomic E-state index is 0.185. The Balaban J connectivity index is 2.01. The standard InChI is InChI=1S/C17H17N3OS/c1-9-5-4-6-10(2)14(9)20-16(21)15-13(18)12-8-7-11(3)19-17(12)22-15/h4-8H,18H2,1-3H3,(H,20,21). The topological polar surface area (TPSA) is 68.0 Å². The Hall–Kier alpha value is -2.40. The molecule has 0 radical (unpaired) electrons. The summed E-state index contributed by atoms with van der Waals surface area (Å²) >= 11 is 1.33. The third kappa shape index (κ3) is 2.44. The van der Waals surface area contributed by atoms with Gasteiger partial charge in [0.1, 0.15) is 9.71 Å². The number of amides is 1. The molecule has 0 aliphatic rings. The lowest BCUT2D eigenvalue weighted by Gasteiger charge is -2.10. The summed E-state index contributed by atoms with van der Waals surface area (Å²) < 4.78 is 0. The number of nitrogens with two attached hydrogens (primary N) is 1. The molecule has 0 aliphatic heterocycles. The third-order valence-corrected chi connectivity index (χ3v) is 4.77. The van der Waals surface area contributed by atoms with E-state index in [-0.39, 0.29) is 5.91 Å². The average molecular weight is 311 g/mol. The molecule has 112 valence electrons. The molecule has 0 spiro atoms. The number of benzene rings is 1. The predicted molar refractivity (Wildman–Crippen MR) is 92.6 cm³/mol. The highest BCUT2D eigenvalue weighted by Crippen LogP contribution is 2.33. The summed E-state index contributed by atoms with van der Waals surface area (Å²) in [5.74, 6) is -0.185. The number of aryl methyl sites for hydroxylation is 3. The lowest BCUT2D eigenvalue weighted by molar-refractivity contribution is 0.103. The Bertz CT molecular complexity index is 863. The number of pyridine rings is 1. The highest BCUT2D eigenvalue weighted by Gasteiger charge is 2.18. The highest BCUT2D eigenvalue weighted by atomic mass is 32.1. The number of nitrogen functional groups attached to an aromatic ring is 1. The lowest BCUT2D eigenvalue weighted by atomic mass is 10.1. The van der Waals surface area contributed by atoms with Crippen LogP contribution in [0.4, 0.5) is 11.4 Å². The zero-order valence-corrected chi connectivity index (χ0v) is 13.5. The van der Waals surface area contributed by atoms with E-state index < -0.39 is 0 Å². The normalized spacial score (nSPS) is 10.9. The fraction of sp³-hybridized carbons (Fsp3) is 0.176. The molecule has 4 nitrogen and oxygen atoms in total. The monoisotopic (exact) mass is 311 g/mol. The minimum Gasteiger partial charge on any atom is -0.397 e. The molecular formula is C17H17N3OS. The molecule has 1 amide bonds. The van der Waals surface area contributed by atoms with Crippen LogP contribution in [0.3, 0.4) is 0 Å². The summed E-state index contributed by atoms with van der Waals surface area (Å²) in [4.78, 5) is 18.3. The van der Waals surface area contributed by atoms with Crippen molar-refractivity contribution in [2.24, 2.45) is 0 Å². The summed E-state index contributed by atoms with van der Waals surface area (Å²) in [7, 11) is 0. The Kier molecular flexibility index (Phi) is 3.58. The maximum absolute atomic E-state index is 12.6. The number of rotatable bonds is 2. The van der Waals surface area contributed by atoms with Crippen LogP contribution >= 0.6 is 11.3 Å². The molecule has 2 heterocycles. The van der Waals surface area contributed by atoms with Crippen LogP contribution in [0.1, 0.15) is 26.5 Å². The molecule has 2 aromatic heterocycles. The second kappa shape index (κ2) is 5.42. The quantitative estimate of drug-likeness (QED) is 0.750. The van der Waals surface area contributed by atoms with E-state index in [2.05, 4.69) is 10.3 Å². The maximum atomic E-state index is 12.6. The van der Waals surface area contributed by atoms with Crippen LogP contribution in [0.2, 0.25) is 0 Å². The van der Waals surface area contributed by atoms with Crippen LogP contribution < -0.4 is 11.1 Å². The van der Waals surface area contributed by atoms with Crippen molar-refractivity contribution in [3.63, 3.8) is 0 Å². The van der Waals surface area contributed by atoms with Crippen molar-refractivity contribution < 1.29 is 4.79 Å². The van der Waals surface area contributed by atoms with Gasteiger partial charge in [-0.3, -0.25) is 4.79 Å². The van der Waals surface area contributed by atoms with Crippen molar-refractivity contribution in [3.8, 4) is 0 Å². The van der Waals surface area contributed by atoms with Crippen LogP contribution in [-0.4, -0.2) is 10.9 Å². The van der Waals surface area contributed by atoms with Gasteiger partial charge in [-0.1, -0.05) is 18.2 Å². The molecular weight excluding hydrogens is 294 g/mol. The molecule has 0 aliphatic carbocycles. The van der Waals surface area contributed by atoms with Gasteiger partial charge in [0.25, 0.3) is 5.91 Å². The summed E-state index contributed by atoms with van der Waals surface area (Å²) in [6, 6.07) is 9.74. The zero-order chi connectivity index (χ0) is 15.9. The lowest BCUT2D eigenvalue weighted by Crippen LogP contribution is -2.13. The molecule has 0 unspecified atom stereocenters. The first-order valence-corrected chi connectivity index (χ1v) is 7.82. The van der Waals surface area contributed by atoms with Crippen LogP contribution in [-0.2, 0) is 0 Å². The zero-order valence-electron chi connectivity index (χ0n) is 12.7. The molecule has 3 rings (SSSR count). The molecule has 1 aromatic carbocycles. The number of anilines is 2. The fourth-order valence-corrected chi connectivity index (χ4v) is 3.47. The molecule has 22 heavy (non-hydrogen) atoms. The predicted octanol–water partition coefficient (Wildman–Crippen LogP) is 4.06. The smallest absolute Gasteiger partial charge is 0.267 e. The number of nitrogens with zero attached hydrogens (tertiary/aromatic N) is 1. The molecule has 0 fully saturated rings. The molecule has 3 aromatic rings. The summed E-state index contributed by atoms with van der Waals surface area (Å²) in [5, 5.41) is 3.81. The second-order valence-electron chi connectivity index (χ2n) is 5.37. The highest BCUT2D eigenvalue weighted by molar-refractivity contribution is 7.21. The maximum Gasteiger partial charge on any atom is 0.267 e. The van der Waals surface area contributed by atoms with Crippen molar-refractivity contribution in [1.29, 1.82) is 0 Å². The number of carbonyl (C=O) groups is 1. The first-order valence-electron chi connectivity index (χ1n) is 7.00. The number of fused-ring (bicyclic) bond motifs is 1. The van der Waals surface area contributed by atoms with Crippen molar-refractivity contribution in [1.82, 2.24) is 4.98 Å². The van der Waals surface area contributed by atoms with Gasteiger partial charge >= 0.3 is 0 Å². The molecule has 0 saturated heterocycles. The third-order valence-electron chi connectivity index (χ3n) is 3.66. The molecule has 0 bridgehead atoms. The van der Waals surface area contributed by atoms with E-state index in [4.69, 9.17) is 5.73 Å². The molecule has 5 heteroatoms. The van der Waals surface area contributed by atoms with Crippen molar-refractivity contribution in [2.75, 3.05) is 11.1 Å². The van der Waals surface area contributed by atoms with Crippen LogP contribution in [0.5, 0.6) is 0 Å². The van der Waals surface area contributed by atoms with Gasteiger partial charge in [0.15, 0.2) is 0 Å². The Morgan fingerprint density at radius 2 is 1.82 bits per heavy atom. The van der Waals surface area contributed by atoms with E-state index in [1.54, 1.807) is 0 Å². The largest absolute Gasteiger partial charge is 0.397 e. The van der Waals surface area contributed by atoms with Crippen molar-refractivity contribution in [3.05, 3.63) is 52.0 Å². The van der Waals surface area contributed by atoms with Gasteiger partial charge in [-0.25, -0.2) is 4.98 Å². The summed E-state index contributed by atoms with van der Waals surface area (Å²) in [6.07, 6.45) is 0. The minimum atomic E-state index is -0.185. The number of carbonyl (C=O) groups excluding carboxylic acids is 1. The van der Waals surface area contributed by atoms with Gasteiger partial charge in [0.2, 0.25) is 0 Å². The van der Waals surface area contributed by atoms with Crippen LogP contribution in [0.25, 0.3) is 10.2 Å². The van der Waals surface area contributed by atoms with E-state index in [9.17, 15) is 4.79 Å². The van der Waals surface area contributed by atoms with Gasteiger partial charge in [-0.15, -0.1) is 11.3 Å². The van der Waals surface area contributed by atoms with E-state index in [0.29, 0.717) is 10.6 Å². The van der Waals surface area contributed by atoms with Crippen LogP contribution in [0.15, 0.2) is 30.3 Å². The van der Waals surface area contributed by atoms with Gasteiger partial charge in [-0.05, 0) is 44.0 Å². The average Bonchev–Trinajstić information content (AvgIpc) is 2.79. The Labute approximate surface area is 133 Å². The van der Waals surface area contributed by atoms with E-state index in [0.717, 1.165) is 32.7 Å². The SMILES string of the molecule is Cc1ccc2c(N)c(C(=O)Nc3c(C)cccc3C)sc2n1. The molecule has 0 saturated carbocycles. The number of thiophene rings is 1. The Morgan fingerprint density at radius 1 is 1.14 bits per heavy atom. The number of aromatic nitrogens is 1. The molecule has 0 atom stereocenters. The van der Waals surface area contributed by atoms with Crippen molar-refractivity contribution >= 4 is 38.8 Å². The Morgan fingerprint density at radius 3 is 2.50 bits per heavy atom. The fourth-order valence-electron chi connectivity index (χ4n) is 2.44. The van der Waals surface area contributed by atoms with Gasteiger partial charge in [0.05, 0.1) is 5.69 Å². The van der Waals surface area contributed by atoms with Gasteiger partial charge in [0, 0.05) is 16.8 Å². The first-order chi connectivity index (χ1) is 10.5. The van der Waals surface area contributed by atoms with E-state index in [1.807, 2.05) is 51.1 Å². The number of hydrogen-bond donors (Lipinski definition) is 2. The number of nitrogens with one attached hydrogen (secondary N) is 1. The van der Waals surface area contributed by atoms with Gasteiger partial charge < -0.3 is 11.1 Å².